The van der Waals surface area contributed by atoms with Crippen molar-refractivity contribution in [2.45, 2.75) is 25.7 Å². The third kappa shape index (κ3) is 4.41. The fraction of sp³-hybridized carbons (Fsp3) is 0.267. The SMILES string of the molecule is Cc1cc(NC(=O)C[C@@H](CC(=O)O)c2ccc(F)cc2)no1. The summed E-state index contributed by atoms with van der Waals surface area (Å²) in [4.78, 5) is 23.0. The molecule has 6 nitrogen and oxygen atoms in total. The number of carbonyl (C=O) groups excluding carboxylic acids is 1. The molecule has 1 aromatic heterocycles. The predicted molar refractivity (Wildman–Crippen MR) is 75.9 cm³/mol. The van der Waals surface area contributed by atoms with E-state index < -0.39 is 17.7 Å². The van der Waals surface area contributed by atoms with E-state index in [9.17, 15) is 14.0 Å². The van der Waals surface area contributed by atoms with Gasteiger partial charge in [-0.2, -0.15) is 0 Å². The van der Waals surface area contributed by atoms with Crippen LogP contribution >= 0.6 is 0 Å². The highest BCUT2D eigenvalue weighted by atomic mass is 19.1. The van der Waals surface area contributed by atoms with Gasteiger partial charge in [0, 0.05) is 18.4 Å². The molecule has 2 aromatic rings. The number of amides is 1. The molecule has 1 amide bonds. The van der Waals surface area contributed by atoms with Crippen LogP contribution in [0.4, 0.5) is 10.2 Å². The molecule has 1 heterocycles. The standard InChI is InChI=1S/C15H15FN2O4/c1-9-6-13(18-22-9)17-14(19)7-11(8-15(20)21)10-2-4-12(16)5-3-10/h2-6,11H,7-8H2,1H3,(H,20,21)(H,17,18,19)/t11-/m0/s1. The first-order valence-electron chi connectivity index (χ1n) is 6.64. The van der Waals surface area contributed by atoms with Gasteiger partial charge in [0.1, 0.15) is 11.6 Å². The normalized spacial score (nSPS) is 11.9. The summed E-state index contributed by atoms with van der Waals surface area (Å²) < 4.78 is 17.8. The number of nitrogens with one attached hydrogen (secondary N) is 1. The Morgan fingerprint density at radius 2 is 2.00 bits per heavy atom. The number of anilines is 1. The first kappa shape index (κ1) is 15.7. The lowest BCUT2D eigenvalue weighted by atomic mass is 9.92. The average molecular weight is 306 g/mol. The minimum Gasteiger partial charge on any atom is -0.481 e. The van der Waals surface area contributed by atoms with Crippen LogP contribution in [0.2, 0.25) is 0 Å². The predicted octanol–water partition coefficient (Wildman–Crippen LogP) is 2.71. The summed E-state index contributed by atoms with van der Waals surface area (Å²) in [6.45, 7) is 1.69. The molecule has 0 unspecified atom stereocenters. The fourth-order valence-electron chi connectivity index (χ4n) is 2.10. The molecule has 2 rings (SSSR count). The van der Waals surface area contributed by atoms with Gasteiger partial charge in [0.2, 0.25) is 5.91 Å². The van der Waals surface area contributed by atoms with Gasteiger partial charge in [-0.3, -0.25) is 9.59 Å². The Labute approximate surface area is 125 Å². The lowest BCUT2D eigenvalue weighted by Gasteiger charge is -2.14. The van der Waals surface area contributed by atoms with Crippen LogP contribution in [0, 0.1) is 12.7 Å². The van der Waals surface area contributed by atoms with E-state index in [1.165, 1.54) is 24.3 Å². The third-order valence-corrected chi connectivity index (χ3v) is 3.09. The Bertz CT molecular complexity index is 666. The average Bonchev–Trinajstić information content (AvgIpc) is 2.83. The number of carbonyl (C=O) groups is 2. The van der Waals surface area contributed by atoms with Crippen molar-refractivity contribution in [3.8, 4) is 0 Å². The van der Waals surface area contributed by atoms with Crippen molar-refractivity contribution < 1.29 is 23.6 Å². The van der Waals surface area contributed by atoms with Gasteiger partial charge in [0.25, 0.3) is 0 Å². The van der Waals surface area contributed by atoms with E-state index in [0.717, 1.165) is 0 Å². The number of carboxylic acid groups (broad SMARTS) is 1. The van der Waals surface area contributed by atoms with Crippen molar-refractivity contribution in [2.24, 2.45) is 0 Å². The van der Waals surface area contributed by atoms with Crippen molar-refractivity contribution in [3.05, 3.63) is 47.5 Å². The van der Waals surface area contributed by atoms with Gasteiger partial charge in [0.05, 0.1) is 6.42 Å². The number of hydrogen-bond acceptors (Lipinski definition) is 4. The summed E-state index contributed by atoms with van der Waals surface area (Å²) in [5, 5.41) is 15.1. The summed E-state index contributed by atoms with van der Waals surface area (Å²) in [6.07, 6.45) is -0.277. The highest BCUT2D eigenvalue weighted by Crippen LogP contribution is 2.24. The van der Waals surface area contributed by atoms with Gasteiger partial charge in [-0.05, 0) is 24.6 Å². The third-order valence-electron chi connectivity index (χ3n) is 3.09. The number of hydrogen-bond donors (Lipinski definition) is 2. The fourth-order valence-corrected chi connectivity index (χ4v) is 2.10. The zero-order valence-corrected chi connectivity index (χ0v) is 11.9. The Hall–Kier alpha value is -2.70. The molecule has 0 spiro atoms. The van der Waals surface area contributed by atoms with Crippen LogP contribution < -0.4 is 5.32 Å². The summed E-state index contributed by atoms with van der Waals surface area (Å²) in [5.41, 5.74) is 0.593. The van der Waals surface area contributed by atoms with E-state index in [2.05, 4.69) is 10.5 Å². The van der Waals surface area contributed by atoms with Crippen molar-refractivity contribution >= 4 is 17.7 Å². The van der Waals surface area contributed by atoms with Crippen LogP contribution in [-0.4, -0.2) is 22.1 Å². The lowest BCUT2D eigenvalue weighted by molar-refractivity contribution is -0.137. The van der Waals surface area contributed by atoms with Crippen molar-refractivity contribution in [1.82, 2.24) is 5.16 Å². The Balaban J connectivity index is 2.07. The summed E-state index contributed by atoms with van der Waals surface area (Å²) in [7, 11) is 0. The molecule has 0 saturated heterocycles. The minimum absolute atomic E-state index is 0.0517. The molecule has 0 bridgehead atoms. The molecule has 0 saturated carbocycles. The highest BCUT2D eigenvalue weighted by molar-refractivity contribution is 5.90. The van der Waals surface area contributed by atoms with Crippen molar-refractivity contribution in [3.63, 3.8) is 0 Å². The molecule has 0 radical (unpaired) electrons. The number of benzene rings is 1. The van der Waals surface area contributed by atoms with E-state index in [-0.39, 0.29) is 24.6 Å². The van der Waals surface area contributed by atoms with Gasteiger partial charge in [-0.25, -0.2) is 4.39 Å². The molecular formula is C15H15FN2O4. The highest BCUT2D eigenvalue weighted by Gasteiger charge is 2.20. The largest absolute Gasteiger partial charge is 0.481 e. The van der Waals surface area contributed by atoms with Crippen LogP contribution in [0.25, 0.3) is 0 Å². The van der Waals surface area contributed by atoms with Crippen LogP contribution in [-0.2, 0) is 9.59 Å². The zero-order valence-electron chi connectivity index (χ0n) is 11.9. The molecule has 1 atom stereocenters. The maximum atomic E-state index is 13.0. The number of carboxylic acids is 1. The summed E-state index contributed by atoms with van der Waals surface area (Å²) >= 11 is 0. The van der Waals surface area contributed by atoms with Crippen LogP contribution in [0.3, 0.4) is 0 Å². The van der Waals surface area contributed by atoms with Crippen molar-refractivity contribution in [1.29, 1.82) is 0 Å². The number of aliphatic carboxylic acids is 1. The molecule has 0 aliphatic rings. The minimum atomic E-state index is -1.03. The van der Waals surface area contributed by atoms with Crippen LogP contribution in [0.1, 0.15) is 30.1 Å². The second-order valence-electron chi connectivity index (χ2n) is 4.92. The van der Waals surface area contributed by atoms with Crippen LogP contribution in [0.5, 0.6) is 0 Å². The quantitative estimate of drug-likeness (QED) is 0.856. The molecule has 1 aromatic carbocycles. The number of aryl methyl sites for hydroxylation is 1. The Morgan fingerprint density at radius 3 is 2.55 bits per heavy atom. The van der Waals surface area contributed by atoms with E-state index >= 15 is 0 Å². The maximum Gasteiger partial charge on any atom is 0.303 e. The number of nitrogens with zero attached hydrogens (tertiary/aromatic N) is 1. The van der Waals surface area contributed by atoms with E-state index in [1.807, 2.05) is 0 Å². The first-order valence-corrected chi connectivity index (χ1v) is 6.64. The van der Waals surface area contributed by atoms with Gasteiger partial charge in [-0.15, -0.1) is 0 Å². The number of halogens is 1. The summed E-state index contributed by atoms with van der Waals surface area (Å²) in [5.74, 6) is -1.55. The molecule has 0 aliphatic carbocycles. The van der Waals surface area contributed by atoms with E-state index in [4.69, 9.17) is 9.63 Å². The second-order valence-corrected chi connectivity index (χ2v) is 4.92. The molecular weight excluding hydrogens is 291 g/mol. The molecule has 116 valence electrons. The van der Waals surface area contributed by atoms with Gasteiger partial charge < -0.3 is 14.9 Å². The van der Waals surface area contributed by atoms with Crippen LogP contribution in [0.15, 0.2) is 34.9 Å². The summed E-state index contributed by atoms with van der Waals surface area (Å²) in [6, 6.07) is 7.00. The zero-order chi connectivity index (χ0) is 16.1. The molecule has 0 aliphatic heterocycles. The van der Waals surface area contributed by atoms with E-state index in [0.29, 0.717) is 11.3 Å². The Kier molecular flexibility index (Phi) is 4.88. The second kappa shape index (κ2) is 6.84. The topological polar surface area (TPSA) is 92.4 Å². The Morgan fingerprint density at radius 1 is 1.32 bits per heavy atom. The maximum absolute atomic E-state index is 13.0. The smallest absolute Gasteiger partial charge is 0.303 e. The molecule has 0 fully saturated rings. The number of rotatable bonds is 6. The monoisotopic (exact) mass is 306 g/mol. The molecule has 22 heavy (non-hydrogen) atoms. The number of aromatic nitrogens is 1. The first-order chi connectivity index (χ1) is 10.4. The molecule has 2 N–H and O–H groups in total. The van der Waals surface area contributed by atoms with Gasteiger partial charge in [0.15, 0.2) is 5.82 Å². The van der Waals surface area contributed by atoms with E-state index in [1.54, 1.807) is 13.0 Å². The lowest BCUT2D eigenvalue weighted by Crippen LogP contribution is -2.18. The van der Waals surface area contributed by atoms with Gasteiger partial charge in [-0.1, -0.05) is 17.3 Å². The van der Waals surface area contributed by atoms with Crippen molar-refractivity contribution in [2.75, 3.05) is 5.32 Å². The van der Waals surface area contributed by atoms with Gasteiger partial charge >= 0.3 is 5.97 Å². The molecule has 7 heteroatoms.